The molecule has 1 aliphatic heterocycles. The van der Waals surface area contributed by atoms with Crippen LogP contribution >= 0.6 is 23.2 Å². The third-order valence-electron chi connectivity index (χ3n) is 3.31. The van der Waals surface area contributed by atoms with E-state index in [1.165, 1.54) is 12.1 Å². The molecule has 0 aromatic heterocycles. The van der Waals surface area contributed by atoms with E-state index >= 15 is 0 Å². The number of rotatable bonds is 5. The largest absolute Gasteiger partial charge is 0.397 e. The molecule has 2 atom stereocenters. The van der Waals surface area contributed by atoms with Crippen molar-refractivity contribution in [2.75, 3.05) is 30.9 Å². The van der Waals surface area contributed by atoms with E-state index in [4.69, 9.17) is 38.4 Å². The molecule has 116 valence electrons. The molecule has 0 aliphatic carbocycles. The van der Waals surface area contributed by atoms with Crippen molar-refractivity contribution in [3.8, 4) is 0 Å². The van der Waals surface area contributed by atoms with Gasteiger partial charge in [0.15, 0.2) is 0 Å². The van der Waals surface area contributed by atoms with Crippen molar-refractivity contribution in [3.63, 3.8) is 0 Å². The third kappa shape index (κ3) is 4.48. The lowest BCUT2D eigenvalue weighted by molar-refractivity contribution is -0.127. The van der Waals surface area contributed by atoms with E-state index in [2.05, 4.69) is 5.32 Å². The van der Waals surface area contributed by atoms with Crippen molar-refractivity contribution in [1.82, 2.24) is 0 Å². The Morgan fingerprint density at radius 3 is 2.95 bits per heavy atom. The number of ether oxygens (including phenoxy) is 2. The van der Waals surface area contributed by atoms with Crippen LogP contribution in [0.5, 0.6) is 0 Å². The average Bonchev–Trinajstić information content (AvgIpc) is 2.93. The fourth-order valence-electron chi connectivity index (χ4n) is 2.02. The second kappa shape index (κ2) is 7.31. The van der Waals surface area contributed by atoms with Crippen molar-refractivity contribution in [3.05, 3.63) is 22.2 Å². The van der Waals surface area contributed by atoms with Gasteiger partial charge in [-0.3, -0.25) is 4.79 Å². The van der Waals surface area contributed by atoms with Gasteiger partial charge in [0, 0.05) is 17.5 Å². The highest BCUT2D eigenvalue weighted by Gasteiger charge is 2.21. The van der Waals surface area contributed by atoms with E-state index < -0.39 is 6.10 Å². The minimum Gasteiger partial charge on any atom is -0.397 e. The molecule has 2 rings (SSSR count). The smallest absolute Gasteiger partial charge is 0.253 e. The van der Waals surface area contributed by atoms with Crippen LogP contribution in [0.2, 0.25) is 10.0 Å². The molecular weight excluding hydrogens is 315 g/mol. The van der Waals surface area contributed by atoms with E-state index in [0.29, 0.717) is 40.6 Å². The maximum absolute atomic E-state index is 12.1. The fourth-order valence-corrected chi connectivity index (χ4v) is 2.58. The molecule has 2 unspecified atom stereocenters. The SMILES string of the molecule is CC(OCC1CCOC1)C(=O)Nc1c(N)cc(Cl)cc1Cl. The van der Waals surface area contributed by atoms with Crippen LogP contribution in [-0.2, 0) is 14.3 Å². The second-order valence-electron chi connectivity index (χ2n) is 5.05. The zero-order valence-electron chi connectivity index (χ0n) is 11.7. The van der Waals surface area contributed by atoms with Crippen LogP contribution in [0.15, 0.2) is 12.1 Å². The van der Waals surface area contributed by atoms with Crippen LogP contribution in [0.3, 0.4) is 0 Å². The van der Waals surface area contributed by atoms with E-state index in [0.717, 1.165) is 13.0 Å². The van der Waals surface area contributed by atoms with Crippen molar-refractivity contribution in [1.29, 1.82) is 0 Å². The van der Waals surface area contributed by atoms with Crippen molar-refractivity contribution < 1.29 is 14.3 Å². The van der Waals surface area contributed by atoms with Crippen LogP contribution in [0, 0.1) is 5.92 Å². The van der Waals surface area contributed by atoms with Gasteiger partial charge in [0.2, 0.25) is 0 Å². The minimum absolute atomic E-state index is 0.296. The molecule has 1 saturated heterocycles. The number of halogens is 2. The van der Waals surface area contributed by atoms with Crippen LogP contribution in [-0.4, -0.2) is 31.8 Å². The number of carbonyl (C=O) groups excluding carboxylic acids is 1. The summed E-state index contributed by atoms with van der Waals surface area (Å²) in [4.78, 5) is 12.1. The third-order valence-corrected chi connectivity index (χ3v) is 3.83. The first kappa shape index (κ1) is 16.4. The Balaban J connectivity index is 1.91. The number of anilines is 2. The Labute approximate surface area is 133 Å². The van der Waals surface area contributed by atoms with E-state index in [9.17, 15) is 4.79 Å². The Bertz CT molecular complexity index is 496. The zero-order chi connectivity index (χ0) is 15.4. The Kier molecular flexibility index (Phi) is 5.70. The molecule has 0 bridgehead atoms. The second-order valence-corrected chi connectivity index (χ2v) is 5.89. The number of nitrogen functional groups attached to an aromatic ring is 1. The normalized spacial score (nSPS) is 19.5. The first-order valence-electron chi connectivity index (χ1n) is 6.72. The average molecular weight is 333 g/mol. The molecule has 3 N–H and O–H groups in total. The zero-order valence-corrected chi connectivity index (χ0v) is 13.2. The number of hydrogen-bond acceptors (Lipinski definition) is 4. The summed E-state index contributed by atoms with van der Waals surface area (Å²) in [6.45, 7) is 3.62. The minimum atomic E-state index is -0.600. The number of carbonyl (C=O) groups is 1. The van der Waals surface area contributed by atoms with Gasteiger partial charge >= 0.3 is 0 Å². The number of benzene rings is 1. The maximum atomic E-state index is 12.1. The molecule has 0 saturated carbocycles. The van der Waals surface area contributed by atoms with Gasteiger partial charge in [-0.25, -0.2) is 0 Å². The van der Waals surface area contributed by atoms with Gasteiger partial charge in [-0.15, -0.1) is 0 Å². The summed E-state index contributed by atoms with van der Waals surface area (Å²) in [5.41, 5.74) is 6.47. The van der Waals surface area contributed by atoms with E-state index in [-0.39, 0.29) is 5.91 Å². The number of nitrogens with two attached hydrogens (primary N) is 1. The summed E-state index contributed by atoms with van der Waals surface area (Å²) in [5, 5.41) is 3.38. The molecule has 1 aromatic carbocycles. The molecule has 1 fully saturated rings. The lowest BCUT2D eigenvalue weighted by Gasteiger charge is -2.17. The predicted molar refractivity (Wildman–Crippen MR) is 83.8 cm³/mol. The van der Waals surface area contributed by atoms with Gasteiger partial charge in [0.25, 0.3) is 5.91 Å². The molecule has 1 heterocycles. The Hall–Kier alpha value is -1.01. The summed E-state index contributed by atoms with van der Waals surface area (Å²) in [5.74, 6) is 0.0503. The highest BCUT2D eigenvalue weighted by molar-refractivity contribution is 6.37. The highest BCUT2D eigenvalue weighted by Crippen LogP contribution is 2.32. The summed E-state index contributed by atoms with van der Waals surface area (Å²) >= 11 is 11.9. The predicted octanol–water partition coefficient (Wildman–Crippen LogP) is 2.96. The van der Waals surface area contributed by atoms with Gasteiger partial charge in [0.05, 0.1) is 29.6 Å². The Morgan fingerprint density at radius 2 is 2.33 bits per heavy atom. The number of hydrogen-bond donors (Lipinski definition) is 2. The van der Waals surface area contributed by atoms with Crippen LogP contribution in [0.4, 0.5) is 11.4 Å². The van der Waals surface area contributed by atoms with Crippen LogP contribution in [0.1, 0.15) is 13.3 Å². The molecule has 0 spiro atoms. The molecule has 0 radical (unpaired) electrons. The van der Waals surface area contributed by atoms with Gasteiger partial charge in [-0.1, -0.05) is 23.2 Å². The lowest BCUT2D eigenvalue weighted by atomic mass is 10.1. The van der Waals surface area contributed by atoms with E-state index in [1.54, 1.807) is 6.92 Å². The number of nitrogens with one attached hydrogen (secondary N) is 1. The van der Waals surface area contributed by atoms with Gasteiger partial charge in [-0.05, 0) is 25.5 Å². The number of amides is 1. The van der Waals surface area contributed by atoms with Crippen molar-refractivity contribution in [2.24, 2.45) is 5.92 Å². The van der Waals surface area contributed by atoms with Gasteiger partial charge in [-0.2, -0.15) is 0 Å². The van der Waals surface area contributed by atoms with Gasteiger partial charge < -0.3 is 20.5 Å². The molecule has 7 heteroatoms. The maximum Gasteiger partial charge on any atom is 0.253 e. The molecule has 21 heavy (non-hydrogen) atoms. The first-order valence-corrected chi connectivity index (χ1v) is 7.47. The van der Waals surface area contributed by atoms with Crippen LogP contribution < -0.4 is 11.1 Å². The molecule has 1 aromatic rings. The van der Waals surface area contributed by atoms with Crippen LogP contribution in [0.25, 0.3) is 0 Å². The van der Waals surface area contributed by atoms with Gasteiger partial charge in [0.1, 0.15) is 6.10 Å². The monoisotopic (exact) mass is 332 g/mol. The van der Waals surface area contributed by atoms with E-state index in [1.807, 2.05) is 0 Å². The molecule has 5 nitrogen and oxygen atoms in total. The summed E-state index contributed by atoms with van der Waals surface area (Å²) in [6, 6.07) is 3.06. The molecular formula is C14H18Cl2N2O3. The topological polar surface area (TPSA) is 73.6 Å². The molecule has 1 amide bonds. The quantitative estimate of drug-likeness (QED) is 0.813. The Morgan fingerprint density at radius 1 is 1.57 bits per heavy atom. The standard InChI is InChI=1S/C14H18Cl2N2O3/c1-8(21-7-9-2-3-20-6-9)14(19)18-13-11(16)4-10(15)5-12(13)17/h4-5,8-9H,2-3,6-7,17H2,1H3,(H,18,19). The van der Waals surface area contributed by atoms with Crippen molar-refractivity contribution >= 4 is 40.5 Å². The highest BCUT2D eigenvalue weighted by atomic mass is 35.5. The fraction of sp³-hybridized carbons (Fsp3) is 0.500. The lowest BCUT2D eigenvalue weighted by Crippen LogP contribution is -2.30. The summed E-state index contributed by atoms with van der Waals surface area (Å²) < 4.78 is 10.8. The summed E-state index contributed by atoms with van der Waals surface area (Å²) in [7, 11) is 0. The summed E-state index contributed by atoms with van der Waals surface area (Å²) in [6.07, 6.45) is 0.362. The first-order chi connectivity index (χ1) is 9.97. The van der Waals surface area contributed by atoms with Crippen molar-refractivity contribution in [2.45, 2.75) is 19.4 Å². The molecule has 1 aliphatic rings.